The van der Waals surface area contributed by atoms with E-state index in [4.69, 9.17) is 4.74 Å². The first-order valence-corrected chi connectivity index (χ1v) is 6.42. The Morgan fingerprint density at radius 3 is 2.80 bits per heavy atom. The molecule has 2 rings (SSSR count). The molecule has 1 aliphatic rings. The minimum atomic E-state index is -0.450. The first kappa shape index (κ1) is 14.3. The number of carbonyl (C=O) groups excluding carboxylic acids is 1. The van der Waals surface area contributed by atoms with Crippen LogP contribution in [0.1, 0.15) is 5.56 Å². The molecule has 1 N–H and O–H groups in total. The zero-order chi connectivity index (χ0) is 14.5. The number of hydrogen-bond acceptors (Lipinski definition) is 5. The number of nitro benzene ring substituents is 1. The van der Waals surface area contributed by atoms with Crippen molar-refractivity contribution in [3.8, 4) is 0 Å². The molecule has 7 nitrogen and oxygen atoms in total. The summed E-state index contributed by atoms with van der Waals surface area (Å²) in [6.07, 6.45) is 0. The van der Waals surface area contributed by atoms with Crippen LogP contribution < -0.4 is 5.32 Å². The Labute approximate surface area is 116 Å². The van der Waals surface area contributed by atoms with Gasteiger partial charge in [-0.3, -0.25) is 14.9 Å². The van der Waals surface area contributed by atoms with Crippen LogP contribution >= 0.6 is 0 Å². The lowest BCUT2D eigenvalue weighted by Crippen LogP contribution is -2.43. The molecule has 1 aromatic rings. The molecule has 108 valence electrons. The van der Waals surface area contributed by atoms with Crippen LogP contribution in [0.15, 0.2) is 18.2 Å². The number of benzene rings is 1. The van der Waals surface area contributed by atoms with Crippen molar-refractivity contribution in [3.05, 3.63) is 33.9 Å². The maximum Gasteiger partial charge on any atom is 0.271 e. The van der Waals surface area contributed by atoms with Gasteiger partial charge in [-0.2, -0.15) is 0 Å². The van der Waals surface area contributed by atoms with E-state index in [-0.39, 0.29) is 18.1 Å². The van der Waals surface area contributed by atoms with Crippen LogP contribution in [0.4, 0.5) is 11.4 Å². The number of nitrogens with zero attached hydrogens (tertiary/aromatic N) is 2. The number of non-ortho nitro benzene ring substituents is 1. The van der Waals surface area contributed by atoms with Crippen LogP contribution in [0.5, 0.6) is 0 Å². The van der Waals surface area contributed by atoms with Gasteiger partial charge >= 0.3 is 0 Å². The minimum Gasteiger partial charge on any atom is -0.378 e. The highest BCUT2D eigenvalue weighted by Crippen LogP contribution is 2.21. The molecule has 0 bridgehead atoms. The standard InChI is InChI=1S/C13H17N3O4/c1-10-2-3-11(16(18)19)8-12(10)14-9-13(17)15-4-6-20-7-5-15/h2-3,8,14H,4-7,9H2,1H3. The Morgan fingerprint density at radius 2 is 2.15 bits per heavy atom. The Balaban J connectivity index is 1.97. The molecule has 0 unspecified atom stereocenters. The third-order valence-electron chi connectivity index (χ3n) is 3.23. The number of hydrogen-bond donors (Lipinski definition) is 1. The monoisotopic (exact) mass is 279 g/mol. The largest absolute Gasteiger partial charge is 0.378 e. The van der Waals surface area contributed by atoms with E-state index in [1.54, 1.807) is 11.0 Å². The van der Waals surface area contributed by atoms with Crippen LogP contribution in [0.25, 0.3) is 0 Å². The van der Waals surface area contributed by atoms with Crippen molar-refractivity contribution in [2.24, 2.45) is 0 Å². The van der Waals surface area contributed by atoms with E-state index in [1.807, 2.05) is 6.92 Å². The molecular formula is C13H17N3O4. The van der Waals surface area contributed by atoms with Crippen molar-refractivity contribution in [1.29, 1.82) is 0 Å². The fourth-order valence-corrected chi connectivity index (χ4v) is 2.01. The summed E-state index contributed by atoms with van der Waals surface area (Å²) in [5, 5.41) is 13.7. The molecule has 0 spiro atoms. The summed E-state index contributed by atoms with van der Waals surface area (Å²) in [5.74, 6) is -0.0285. The van der Waals surface area contributed by atoms with Gasteiger partial charge < -0.3 is 15.0 Å². The van der Waals surface area contributed by atoms with E-state index in [1.165, 1.54) is 12.1 Å². The highest BCUT2D eigenvalue weighted by molar-refractivity contribution is 5.81. The molecule has 1 saturated heterocycles. The smallest absolute Gasteiger partial charge is 0.271 e. The molecule has 0 atom stereocenters. The molecule has 1 aliphatic heterocycles. The number of carbonyl (C=O) groups is 1. The Kier molecular flexibility index (Phi) is 4.52. The van der Waals surface area contributed by atoms with Gasteiger partial charge in [0, 0.05) is 30.9 Å². The first-order valence-electron chi connectivity index (χ1n) is 6.42. The summed E-state index contributed by atoms with van der Waals surface area (Å²) in [6, 6.07) is 4.56. The zero-order valence-corrected chi connectivity index (χ0v) is 11.3. The van der Waals surface area contributed by atoms with Crippen molar-refractivity contribution in [1.82, 2.24) is 4.90 Å². The average Bonchev–Trinajstić information content (AvgIpc) is 2.46. The van der Waals surface area contributed by atoms with Crippen molar-refractivity contribution in [3.63, 3.8) is 0 Å². The van der Waals surface area contributed by atoms with Gasteiger partial charge in [-0.1, -0.05) is 6.07 Å². The summed E-state index contributed by atoms with van der Waals surface area (Å²) in [5.41, 5.74) is 1.49. The van der Waals surface area contributed by atoms with E-state index in [0.717, 1.165) is 5.56 Å². The van der Waals surface area contributed by atoms with Crippen molar-refractivity contribution in [2.45, 2.75) is 6.92 Å². The van der Waals surface area contributed by atoms with Gasteiger partial charge in [0.15, 0.2) is 0 Å². The molecule has 1 fully saturated rings. The molecule has 1 heterocycles. The van der Waals surface area contributed by atoms with Crippen molar-refractivity contribution >= 4 is 17.3 Å². The molecule has 1 aromatic carbocycles. The summed E-state index contributed by atoms with van der Waals surface area (Å²) < 4.78 is 5.18. The molecule has 20 heavy (non-hydrogen) atoms. The van der Waals surface area contributed by atoms with Gasteiger partial charge in [0.25, 0.3) is 5.69 Å². The number of amides is 1. The minimum absolute atomic E-state index is 0.0110. The van der Waals surface area contributed by atoms with Crippen LogP contribution in [0.2, 0.25) is 0 Å². The summed E-state index contributed by atoms with van der Waals surface area (Å²) in [6.45, 7) is 4.26. The average molecular weight is 279 g/mol. The summed E-state index contributed by atoms with van der Waals surface area (Å²) in [4.78, 5) is 24.0. The molecular weight excluding hydrogens is 262 g/mol. The van der Waals surface area contributed by atoms with Crippen LogP contribution in [0.3, 0.4) is 0 Å². The van der Waals surface area contributed by atoms with E-state index >= 15 is 0 Å². The van der Waals surface area contributed by atoms with Gasteiger partial charge in [0.2, 0.25) is 5.91 Å². The number of ether oxygens (including phenoxy) is 1. The Morgan fingerprint density at radius 1 is 1.45 bits per heavy atom. The zero-order valence-electron chi connectivity index (χ0n) is 11.3. The molecule has 0 saturated carbocycles. The van der Waals surface area contributed by atoms with E-state index in [2.05, 4.69) is 5.32 Å². The fourth-order valence-electron chi connectivity index (χ4n) is 2.01. The summed E-state index contributed by atoms with van der Waals surface area (Å²) >= 11 is 0. The number of morpholine rings is 1. The maximum atomic E-state index is 12.0. The molecule has 0 radical (unpaired) electrons. The third kappa shape index (κ3) is 3.45. The lowest BCUT2D eigenvalue weighted by atomic mass is 10.2. The van der Waals surface area contributed by atoms with Gasteiger partial charge in [-0.25, -0.2) is 0 Å². The molecule has 7 heteroatoms. The SMILES string of the molecule is Cc1ccc([N+](=O)[O-])cc1NCC(=O)N1CCOCC1. The maximum absolute atomic E-state index is 12.0. The van der Waals surface area contributed by atoms with E-state index < -0.39 is 4.92 Å². The van der Waals surface area contributed by atoms with Crippen LogP contribution in [0, 0.1) is 17.0 Å². The Bertz CT molecular complexity index is 512. The van der Waals surface area contributed by atoms with Gasteiger partial charge in [-0.15, -0.1) is 0 Å². The lowest BCUT2D eigenvalue weighted by molar-refractivity contribution is -0.384. The van der Waals surface area contributed by atoms with Gasteiger partial charge in [0.1, 0.15) is 0 Å². The molecule has 0 aromatic heterocycles. The normalized spacial score (nSPS) is 14.9. The second-order valence-electron chi connectivity index (χ2n) is 4.60. The van der Waals surface area contributed by atoms with Crippen LogP contribution in [-0.2, 0) is 9.53 Å². The third-order valence-corrected chi connectivity index (χ3v) is 3.23. The second kappa shape index (κ2) is 6.33. The highest BCUT2D eigenvalue weighted by Gasteiger charge is 2.17. The predicted molar refractivity (Wildman–Crippen MR) is 73.7 cm³/mol. The van der Waals surface area contributed by atoms with E-state index in [0.29, 0.717) is 32.0 Å². The molecule has 1 amide bonds. The topological polar surface area (TPSA) is 84.7 Å². The lowest BCUT2D eigenvalue weighted by Gasteiger charge is -2.27. The number of anilines is 1. The number of rotatable bonds is 4. The van der Waals surface area contributed by atoms with Crippen molar-refractivity contribution < 1.29 is 14.5 Å². The predicted octanol–water partition coefficient (Wildman–Crippen LogP) is 1.17. The fraction of sp³-hybridized carbons (Fsp3) is 0.462. The second-order valence-corrected chi connectivity index (χ2v) is 4.60. The number of aryl methyl sites for hydroxylation is 1. The first-order chi connectivity index (χ1) is 9.58. The van der Waals surface area contributed by atoms with Gasteiger partial charge in [0.05, 0.1) is 24.7 Å². The Hall–Kier alpha value is -2.15. The summed E-state index contributed by atoms with van der Waals surface area (Å²) in [7, 11) is 0. The van der Waals surface area contributed by atoms with E-state index in [9.17, 15) is 14.9 Å². The number of nitrogens with one attached hydrogen (secondary N) is 1. The van der Waals surface area contributed by atoms with Crippen LogP contribution in [-0.4, -0.2) is 48.6 Å². The quantitative estimate of drug-likeness (QED) is 0.660. The van der Waals surface area contributed by atoms with Crippen molar-refractivity contribution in [2.75, 3.05) is 38.2 Å². The van der Waals surface area contributed by atoms with Gasteiger partial charge in [-0.05, 0) is 12.5 Å². The highest BCUT2D eigenvalue weighted by atomic mass is 16.6. The molecule has 0 aliphatic carbocycles. The number of nitro groups is 1.